The van der Waals surface area contributed by atoms with Crippen LogP contribution < -0.4 is 5.32 Å². The van der Waals surface area contributed by atoms with Crippen LogP contribution in [0.25, 0.3) is 0 Å². The highest BCUT2D eigenvalue weighted by atomic mass is 16.3. The second kappa shape index (κ2) is 13.3. The van der Waals surface area contributed by atoms with Gasteiger partial charge in [-0.3, -0.25) is 4.79 Å². The topological polar surface area (TPSA) is 69.6 Å². The molecule has 0 bridgehead atoms. The van der Waals surface area contributed by atoms with Crippen LogP contribution in [0.1, 0.15) is 91.4 Å². The van der Waals surface area contributed by atoms with Crippen LogP contribution in [0.3, 0.4) is 0 Å². The van der Waals surface area contributed by atoms with Gasteiger partial charge < -0.3 is 15.5 Å². The first kappa shape index (κ1) is 25.1. The molecular weight excluding hydrogens is 374 g/mol. The highest BCUT2D eigenvalue weighted by Gasteiger charge is 2.43. The van der Waals surface area contributed by atoms with Crippen molar-refractivity contribution in [1.82, 2.24) is 5.32 Å². The number of carbonyl (C=O) groups excluding carboxylic acids is 1. The van der Waals surface area contributed by atoms with Crippen LogP contribution in [0, 0.1) is 23.7 Å². The molecule has 1 saturated carbocycles. The van der Waals surface area contributed by atoms with Gasteiger partial charge in [-0.15, -0.1) is 0 Å². The van der Waals surface area contributed by atoms with Crippen molar-refractivity contribution in [3.8, 4) is 0 Å². The molecule has 2 rings (SSSR count). The van der Waals surface area contributed by atoms with E-state index < -0.39 is 6.10 Å². The van der Waals surface area contributed by atoms with Crippen LogP contribution in [-0.4, -0.2) is 34.9 Å². The second-order valence-electron chi connectivity index (χ2n) is 9.73. The molecule has 0 aromatic carbocycles. The van der Waals surface area contributed by atoms with Crippen molar-refractivity contribution in [2.75, 3.05) is 6.54 Å². The Bertz CT molecular complexity index is 571. The van der Waals surface area contributed by atoms with E-state index in [0.717, 1.165) is 51.5 Å². The molecule has 0 aromatic heterocycles. The molecule has 0 heterocycles. The number of allylic oxidation sites excluding steroid dienone is 2. The highest BCUT2D eigenvalue weighted by Crippen LogP contribution is 2.48. The maximum atomic E-state index is 11.7. The van der Waals surface area contributed by atoms with E-state index in [2.05, 4.69) is 38.2 Å². The van der Waals surface area contributed by atoms with Gasteiger partial charge in [-0.05, 0) is 62.7 Å². The SMILES string of the molecule is CCCC[C@H](C)C[C@H](O)C=C[C@@H]1[C@H]2CC(CCCCC(=O)NCCC)=C[C@H]2C[C@H]1O. The van der Waals surface area contributed by atoms with Crippen molar-refractivity contribution in [3.63, 3.8) is 0 Å². The predicted octanol–water partition coefficient (Wildman–Crippen LogP) is 5.15. The molecule has 172 valence electrons. The Morgan fingerprint density at radius 1 is 1.27 bits per heavy atom. The molecule has 6 atom stereocenters. The van der Waals surface area contributed by atoms with Crippen molar-refractivity contribution in [2.24, 2.45) is 23.7 Å². The van der Waals surface area contributed by atoms with Crippen molar-refractivity contribution in [2.45, 2.75) is 104 Å². The summed E-state index contributed by atoms with van der Waals surface area (Å²) in [7, 11) is 0. The lowest BCUT2D eigenvalue weighted by Crippen LogP contribution is -2.23. The third-order valence-corrected chi connectivity index (χ3v) is 6.92. The zero-order chi connectivity index (χ0) is 21.9. The van der Waals surface area contributed by atoms with Crippen LogP contribution in [0.2, 0.25) is 0 Å². The predicted molar refractivity (Wildman–Crippen MR) is 124 cm³/mol. The molecule has 4 nitrogen and oxygen atoms in total. The van der Waals surface area contributed by atoms with Crippen LogP contribution in [0.15, 0.2) is 23.8 Å². The molecule has 0 aromatic rings. The van der Waals surface area contributed by atoms with Gasteiger partial charge in [0.25, 0.3) is 0 Å². The van der Waals surface area contributed by atoms with Gasteiger partial charge in [0.1, 0.15) is 0 Å². The highest BCUT2D eigenvalue weighted by molar-refractivity contribution is 5.75. The lowest BCUT2D eigenvalue weighted by atomic mass is 9.88. The van der Waals surface area contributed by atoms with Crippen LogP contribution in [-0.2, 0) is 4.79 Å². The van der Waals surface area contributed by atoms with Gasteiger partial charge in [0.2, 0.25) is 5.91 Å². The summed E-state index contributed by atoms with van der Waals surface area (Å²) in [5, 5.41) is 23.9. The van der Waals surface area contributed by atoms with E-state index in [1.165, 1.54) is 24.8 Å². The number of rotatable bonds is 14. The van der Waals surface area contributed by atoms with E-state index in [0.29, 0.717) is 24.2 Å². The van der Waals surface area contributed by atoms with Gasteiger partial charge in [-0.25, -0.2) is 0 Å². The quantitative estimate of drug-likeness (QED) is 0.269. The number of fused-ring (bicyclic) bond motifs is 1. The first-order valence-electron chi connectivity index (χ1n) is 12.4. The van der Waals surface area contributed by atoms with Crippen LogP contribution >= 0.6 is 0 Å². The van der Waals surface area contributed by atoms with E-state index >= 15 is 0 Å². The number of hydrogen-bond donors (Lipinski definition) is 3. The van der Waals surface area contributed by atoms with E-state index in [1.807, 2.05) is 6.08 Å². The fourth-order valence-corrected chi connectivity index (χ4v) is 5.20. The summed E-state index contributed by atoms with van der Waals surface area (Å²) in [5.74, 6) is 1.81. The monoisotopic (exact) mass is 419 g/mol. The molecule has 2 aliphatic carbocycles. The number of aliphatic hydroxyl groups excluding tert-OH is 2. The van der Waals surface area contributed by atoms with E-state index in [9.17, 15) is 15.0 Å². The fourth-order valence-electron chi connectivity index (χ4n) is 5.20. The molecule has 0 aliphatic heterocycles. The summed E-state index contributed by atoms with van der Waals surface area (Å²) in [6, 6.07) is 0. The van der Waals surface area contributed by atoms with E-state index in [-0.39, 0.29) is 17.9 Å². The number of hydrogen-bond acceptors (Lipinski definition) is 3. The van der Waals surface area contributed by atoms with Gasteiger partial charge in [0.15, 0.2) is 0 Å². The fraction of sp³-hybridized carbons (Fsp3) is 0.808. The summed E-state index contributed by atoms with van der Waals surface area (Å²) in [5.41, 5.74) is 1.50. The van der Waals surface area contributed by atoms with Crippen molar-refractivity contribution in [3.05, 3.63) is 23.8 Å². The summed E-state index contributed by atoms with van der Waals surface area (Å²) in [6.45, 7) is 7.26. The Morgan fingerprint density at radius 3 is 2.80 bits per heavy atom. The molecule has 0 radical (unpaired) electrons. The Hall–Kier alpha value is -1.13. The molecule has 3 N–H and O–H groups in total. The minimum Gasteiger partial charge on any atom is -0.392 e. The maximum Gasteiger partial charge on any atom is 0.219 e. The number of unbranched alkanes of at least 4 members (excludes halogenated alkanes) is 2. The minimum absolute atomic E-state index is 0.157. The normalized spacial score (nSPS) is 27.8. The van der Waals surface area contributed by atoms with Gasteiger partial charge in [-0.1, -0.05) is 63.8 Å². The maximum absolute atomic E-state index is 11.7. The van der Waals surface area contributed by atoms with Crippen molar-refractivity contribution in [1.29, 1.82) is 0 Å². The van der Waals surface area contributed by atoms with Gasteiger partial charge in [-0.2, -0.15) is 0 Å². The van der Waals surface area contributed by atoms with E-state index in [4.69, 9.17) is 0 Å². The average Bonchev–Trinajstić information content (AvgIpc) is 3.22. The lowest BCUT2D eigenvalue weighted by molar-refractivity contribution is -0.121. The molecule has 0 saturated heterocycles. The Labute approximate surface area is 184 Å². The number of aliphatic hydroxyl groups is 2. The van der Waals surface area contributed by atoms with Crippen molar-refractivity contribution >= 4 is 5.91 Å². The molecule has 0 unspecified atom stereocenters. The van der Waals surface area contributed by atoms with Gasteiger partial charge >= 0.3 is 0 Å². The summed E-state index contributed by atoms with van der Waals surface area (Å²) < 4.78 is 0. The van der Waals surface area contributed by atoms with Gasteiger partial charge in [0.05, 0.1) is 12.2 Å². The Balaban J connectivity index is 1.73. The Kier molecular flexibility index (Phi) is 11.2. The molecule has 30 heavy (non-hydrogen) atoms. The number of carbonyl (C=O) groups is 1. The zero-order valence-corrected chi connectivity index (χ0v) is 19.5. The summed E-state index contributed by atoms with van der Waals surface area (Å²) in [4.78, 5) is 11.7. The number of nitrogens with one attached hydrogen (secondary N) is 1. The summed E-state index contributed by atoms with van der Waals surface area (Å²) >= 11 is 0. The summed E-state index contributed by atoms with van der Waals surface area (Å²) in [6.07, 6.45) is 16.7. The third-order valence-electron chi connectivity index (χ3n) is 6.92. The van der Waals surface area contributed by atoms with Gasteiger partial charge in [0, 0.05) is 18.9 Å². The van der Waals surface area contributed by atoms with E-state index in [1.54, 1.807) is 0 Å². The average molecular weight is 420 g/mol. The van der Waals surface area contributed by atoms with Crippen LogP contribution in [0.4, 0.5) is 0 Å². The molecule has 4 heteroatoms. The van der Waals surface area contributed by atoms with Crippen LogP contribution in [0.5, 0.6) is 0 Å². The molecule has 1 amide bonds. The smallest absolute Gasteiger partial charge is 0.219 e. The third kappa shape index (κ3) is 8.19. The standard InChI is InChI=1S/C26H45NO3/c1-4-6-9-19(3)15-22(28)12-13-23-24-17-20(16-21(24)18-25(23)29)10-7-8-11-26(30)27-14-5-2/h12-13,16,19,21-25,28-29H,4-11,14-15,17-18H2,1-3H3,(H,27,30)/t19-,21-,22+,23+,24-,25+/m0/s1. The first-order chi connectivity index (χ1) is 14.4. The molecule has 2 aliphatic rings. The number of amides is 1. The first-order valence-corrected chi connectivity index (χ1v) is 12.4. The largest absolute Gasteiger partial charge is 0.392 e. The minimum atomic E-state index is -0.407. The lowest BCUT2D eigenvalue weighted by Gasteiger charge is -2.19. The van der Waals surface area contributed by atoms with Crippen molar-refractivity contribution < 1.29 is 15.0 Å². The molecule has 0 spiro atoms. The zero-order valence-electron chi connectivity index (χ0n) is 19.5. The second-order valence-corrected chi connectivity index (χ2v) is 9.73. The Morgan fingerprint density at radius 2 is 2.07 bits per heavy atom. The molecule has 1 fully saturated rings. The molecular formula is C26H45NO3.